The molecule has 0 saturated carbocycles. The van der Waals surface area contributed by atoms with Gasteiger partial charge in [-0.25, -0.2) is 0 Å². The Morgan fingerprint density at radius 3 is 2.53 bits per heavy atom. The number of ether oxygens (including phenoxy) is 1. The van der Waals surface area contributed by atoms with Crippen LogP contribution in [0.5, 0.6) is 11.5 Å². The van der Waals surface area contributed by atoms with Crippen molar-refractivity contribution in [2.24, 2.45) is 0 Å². The Labute approximate surface area is 112 Å². The number of hydrogen-bond acceptors (Lipinski definition) is 3. The van der Waals surface area contributed by atoms with E-state index in [-0.39, 0.29) is 0 Å². The molecule has 0 radical (unpaired) electrons. The lowest BCUT2D eigenvalue weighted by Crippen LogP contribution is -1.97. The maximum absolute atomic E-state index is 9.75. The van der Waals surface area contributed by atoms with Gasteiger partial charge in [0.25, 0.3) is 0 Å². The molecule has 0 saturated heterocycles. The van der Waals surface area contributed by atoms with Crippen LogP contribution in [0.1, 0.15) is 29.7 Å². The number of aliphatic hydroxyl groups excluding tert-OH is 1. The van der Waals surface area contributed by atoms with Crippen molar-refractivity contribution in [1.82, 2.24) is 0 Å². The minimum absolute atomic E-state index is 0.507. The third kappa shape index (κ3) is 2.93. The van der Waals surface area contributed by atoms with Crippen molar-refractivity contribution in [2.45, 2.75) is 20.0 Å². The summed E-state index contributed by atoms with van der Waals surface area (Å²) in [6, 6.07) is 14.7. The third-order valence-corrected chi connectivity index (χ3v) is 2.91. The van der Waals surface area contributed by atoms with Crippen LogP contribution in [-0.4, -0.2) is 5.11 Å². The third-order valence-electron chi connectivity index (χ3n) is 2.91. The number of aliphatic hydroxyl groups is 1. The van der Waals surface area contributed by atoms with Gasteiger partial charge in [0.1, 0.15) is 11.5 Å². The van der Waals surface area contributed by atoms with Gasteiger partial charge in [0.15, 0.2) is 0 Å². The highest BCUT2D eigenvalue weighted by molar-refractivity contribution is 5.46. The van der Waals surface area contributed by atoms with Crippen molar-refractivity contribution in [3.63, 3.8) is 0 Å². The molecule has 0 bridgehead atoms. The zero-order valence-corrected chi connectivity index (χ0v) is 10.9. The molecule has 0 aliphatic heterocycles. The Balaban J connectivity index is 2.44. The van der Waals surface area contributed by atoms with E-state index in [0.717, 1.165) is 11.3 Å². The molecule has 0 unspecified atom stereocenters. The lowest BCUT2D eigenvalue weighted by atomic mass is 10.1. The summed E-state index contributed by atoms with van der Waals surface area (Å²) >= 11 is 0. The van der Waals surface area contributed by atoms with Gasteiger partial charge in [-0.05, 0) is 37.6 Å². The second-order valence-corrected chi connectivity index (χ2v) is 4.41. The Morgan fingerprint density at radius 1 is 1.16 bits per heavy atom. The van der Waals surface area contributed by atoms with Crippen molar-refractivity contribution >= 4 is 0 Å². The second-order valence-electron chi connectivity index (χ2n) is 4.41. The van der Waals surface area contributed by atoms with Gasteiger partial charge in [0.2, 0.25) is 0 Å². The molecule has 3 heteroatoms. The predicted octanol–water partition coefficient (Wildman–Crippen LogP) is 3.71. The largest absolute Gasteiger partial charge is 0.457 e. The van der Waals surface area contributed by atoms with E-state index in [0.29, 0.717) is 16.9 Å². The zero-order chi connectivity index (χ0) is 13.8. The number of nitriles is 1. The minimum Gasteiger partial charge on any atom is -0.457 e. The first-order chi connectivity index (χ1) is 9.11. The van der Waals surface area contributed by atoms with Gasteiger partial charge in [0, 0.05) is 5.56 Å². The monoisotopic (exact) mass is 253 g/mol. The van der Waals surface area contributed by atoms with E-state index >= 15 is 0 Å². The fraction of sp³-hybridized carbons (Fsp3) is 0.188. The summed E-state index contributed by atoms with van der Waals surface area (Å²) in [5.41, 5.74) is 2.18. The molecule has 0 spiro atoms. The summed E-state index contributed by atoms with van der Waals surface area (Å²) < 4.78 is 5.83. The summed E-state index contributed by atoms with van der Waals surface area (Å²) in [7, 11) is 0. The summed E-state index contributed by atoms with van der Waals surface area (Å²) in [6.07, 6.45) is -0.647. The van der Waals surface area contributed by atoms with Crippen LogP contribution in [0.15, 0.2) is 42.5 Å². The molecular weight excluding hydrogens is 238 g/mol. The van der Waals surface area contributed by atoms with Crippen molar-refractivity contribution in [3.05, 3.63) is 59.2 Å². The molecular formula is C16H15NO2. The summed E-state index contributed by atoms with van der Waals surface area (Å²) in [5, 5.41) is 18.7. The topological polar surface area (TPSA) is 53.2 Å². The summed E-state index contributed by atoms with van der Waals surface area (Å²) in [5.74, 6) is 1.24. The Kier molecular flexibility index (Phi) is 3.84. The Morgan fingerprint density at radius 2 is 1.89 bits per heavy atom. The fourth-order valence-corrected chi connectivity index (χ4v) is 1.83. The molecule has 0 heterocycles. The Hall–Kier alpha value is -2.31. The molecule has 2 aromatic rings. The SMILES string of the molecule is Cc1ccccc1Oc1cc(C#N)ccc1[C@@H](C)O. The normalized spacial score (nSPS) is 11.7. The number of aryl methyl sites for hydroxylation is 1. The van der Waals surface area contributed by atoms with Gasteiger partial charge in [-0.2, -0.15) is 5.26 Å². The molecule has 0 amide bonds. The summed E-state index contributed by atoms with van der Waals surface area (Å²) in [4.78, 5) is 0. The molecule has 96 valence electrons. The van der Waals surface area contributed by atoms with Crippen molar-refractivity contribution in [2.75, 3.05) is 0 Å². The molecule has 1 atom stereocenters. The average molecular weight is 253 g/mol. The van der Waals surface area contributed by atoms with Gasteiger partial charge in [-0.1, -0.05) is 24.3 Å². The van der Waals surface area contributed by atoms with Crippen LogP contribution in [0.25, 0.3) is 0 Å². The molecule has 2 rings (SSSR count). The van der Waals surface area contributed by atoms with Crippen molar-refractivity contribution < 1.29 is 9.84 Å². The van der Waals surface area contributed by atoms with Gasteiger partial charge in [-0.15, -0.1) is 0 Å². The average Bonchev–Trinajstić information content (AvgIpc) is 2.41. The molecule has 0 aliphatic rings. The highest BCUT2D eigenvalue weighted by atomic mass is 16.5. The first-order valence-electron chi connectivity index (χ1n) is 6.07. The van der Waals surface area contributed by atoms with Crippen LogP contribution in [0.4, 0.5) is 0 Å². The van der Waals surface area contributed by atoms with Crippen LogP contribution in [0.3, 0.4) is 0 Å². The van der Waals surface area contributed by atoms with Crippen LogP contribution >= 0.6 is 0 Å². The van der Waals surface area contributed by atoms with E-state index in [1.165, 1.54) is 0 Å². The lowest BCUT2D eigenvalue weighted by molar-refractivity contribution is 0.195. The van der Waals surface area contributed by atoms with E-state index in [2.05, 4.69) is 6.07 Å². The number of para-hydroxylation sites is 1. The number of rotatable bonds is 3. The van der Waals surface area contributed by atoms with Crippen LogP contribution in [0.2, 0.25) is 0 Å². The zero-order valence-electron chi connectivity index (χ0n) is 10.9. The smallest absolute Gasteiger partial charge is 0.134 e. The van der Waals surface area contributed by atoms with Gasteiger partial charge < -0.3 is 9.84 Å². The van der Waals surface area contributed by atoms with Crippen LogP contribution in [0, 0.1) is 18.3 Å². The first kappa shape index (κ1) is 13.1. The predicted molar refractivity (Wildman–Crippen MR) is 73.0 cm³/mol. The van der Waals surface area contributed by atoms with E-state index in [1.54, 1.807) is 25.1 Å². The van der Waals surface area contributed by atoms with E-state index < -0.39 is 6.10 Å². The second kappa shape index (κ2) is 5.55. The molecule has 2 aromatic carbocycles. The van der Waals surface area contributed by atoms with E-state index in [4.69, 9.17) is 10.00 Å². The highest BCUT2D eigenvalue weighted by Crippen LogP contribution is 2.31. The molecule has 19 heavy (non-hydrogen) atoms. The maximum Gasteiger partial charge on any atom is 0.134 e. The number of nitrogens with zero attached hydrogens (tertiary/aromatic N) is 1. The molecule has 0 fully saturated rings. The quantitative estimate of drug-likeness (QED) is 0.907. The maximum atomic E-state index is 9.75. The molecule has 0 aromatic heterocycles. The van der Waals surface area contributed by atoms with Gasteiger partial charge >= 0.3 is 0 Å². The van der Waals surface area contributed by atoms with Gasteiger partial charge in [0.05, 0.1) is 17.7 Å². The molecule has 3 nitrogen and oxygen atoms in total. The highest BCUT2D eigenvalue weighted by Gasteiger charge is 2.12. The van der Waals surface area contributed by atoms with E-state index in [9.17, 15) is 5.11 Å². The summed E-state index contributed by atoms with van der Waals surface area (Å²) in [6.45, 7) is 3.62. The standard InChI is InChI=1S/C16H15NO2/c1-11-5-3-4-6-15(11)19-16-9-13(10-17)7-8-14(16)12(2)18/h3-9,12,18H,1-2H3/t12-/m1/s1. The number of hydrogen-bond donors (Lipinski definition) is 1. The van der Waals surface area contributed by atoms with Crippen molar-refractivity contribution in [1.29, 1.82) is 5.26 Å². The Bertz CT molecular complexity index is 627. The fourth-order valence-electron chi connectivity index (χ4n) is 1.83. The van der Waals surface area contributed by atoms with E-state index in [1.807, 2.05) is 31.2 Å². The van der Waals surface area contributed by atoms with Crippen LogP contribution < -0.4 is 4.74 Å². The number of benzene rings is 2. The van der Waals surface area contributed by atoms with Crippen LogP contribution in [-0.2, 0) is 0 Å². The van der Waals surface area contributed by atoms with Gasteiger partial charge in [-0.3, -0.25) is 0 Å². The molecule has 1 N–H and O–H groups in total. The minimum atomic E-state index is -0.647. The lowest BCUT2D eigenvalue weighted by Gasteiger charge is -2.14. The first-order valence-corrected chi connectivity index (χ1v) is 6.07. The van der Waals surface area contributed by atoms with Crippen molar-refractivity contribution in [3.8, 4) is 17.6 Å². The molecule has 0 aliphatic carbocycles.